The molecule has 4 unspecified atom stereocenters. The molecular weight excluding hydrogens is 236 g/mol. The predicted molar refractivity (Wildman–Crippen MR) is 80.5 cm³/mol. The van der Waals surface area contributed by atoms with Gasteiger partial charge in [0.1, 0.15) is 0 Å². The summed E-state index contributed by atoms with van der Waals surface area (Å²) in [4.78, 5) is 2.68. The SMILES string of the molecule is CCC1CCC(NC)C(N(CC)CC2CCCO2)C1. The lowest BCUT2D eigenvalue weighted by Crippen LogP contribution is -2.54. The van der Waals surface area contributed by atoms with Gasteiger partial charge in [0, 0.05) is 25.2 Å². The molecule has 2 rings (SSSR count). The summed E-state index contributed by atoms with van der Waals surface area (Å²) in [5.74, 6) is 0.924. The maximum Gasteiger partial charge on any atom is 0.0702 e. The van der Waals surface area contributed by atoms with Crippen molar-refractivity contribution in [2.24, 2.45) is 5.92 Å². The van der Waals surface area contributed by atoms with Crippen LogP contribution in [0.5, 0.6) is 0 Å². The lowest BCUT2D eigenvalue weighted by atomic mass is 9.80. The van der Waals surface area contributed by atoms with Crippen molar-refractivity contribution in [2.45, 2.75) is 70.6 Å². The molecule has 0 aromatic carbocycles. The Bertz CT molecular complexity index is 253. The first kappa shape index (κ1) is 15.3. The molecule has 112 valence electrons. The van der Waals surface area contributed by atoms with Gasteiger partial charge in [-0.3, -0.25) is 4.90 Å². The zero-order chi connectivity index (χ0) is 13.7. The highest BCUT2D eigenvalue weighted by Crippen LogP contribution is 2.30. The van der Waals surface area contributed by atoms with Gasteiger partial charge in [-0.1, -0.05) is 20.3 Å². The third kappa shape index (κ3) is 3.93. The molecule has 0 aromatic rings. The van der Waals surface area contributed by atoms with E-state index in [2.05, 4.69) is 31.1 Å². The van der Waals surface area contributed by atoms with E-state index in [0.29, 0.717) is 18.2 Å². The molecule has 3 nitrogen and oxygen atoms in total. The zero-order valence-corrected chi connectivity index (χ0v) is 13.0. The standard InChI is InChI=1S/C16H32N2O/c1-4-13-8-9-15(17-3)16(11-13)18(5-2)12-14-7-6-10-19-14/h13-17H,4-12H2,1-3H3. The molecule has 4 atom stereocenters. The van der Waals surface area contributed by atoms with Crippen LogP contribution in [0.1, 0.15) is 52.4 Å². The number of nitrogens with zero attached hydrogens (tertiary/aromatic N) is 1. The van der Waals surface area contributed by atoms with Crippen molar-refractivity contribution < 1.29 is 4.74 Å². The first-order valence-corrected chi connectivity index (χ1v) is 8.31. The first-order chi connectivity index (χ1) is 9.28. The van der Waals surface area contributed by atoms with Crippen molar-refractivity contribution in [3.63, 3.8) is 0 Å². The van der Waals surface area contributed by atoms with E-state index >= 15 is 0 Å². The second-order valence-electron chi connectivity index (χ2n) is 6.27. The monoisotopic (exact) mass is 268 g/mol. The van der Waals surface area contributed by atoms with Gasteiger partial charge in [0.2, 0.25) is 0 Å². The predicted octanol–water partition coefficient (Wildman–Crippen LogP) is 2.65. The van der Waals surface area contributed by atoms with Gasteiger partial charge in [-0.25, -0.2) is 0 Å². The molecule has 0 bridgehead atoms. The van der Waals surface area contributed by atoms with Crippen LogP contribution in [0, 0.1) is 5.92 Å². The molecule has 0 aromatic heterocycles. The summed E-state index contributed by atoms with van der Waals surface area (Å²) >= 11 is 0. The normalized spacial score (nSPS) is 36.0. The summed E-state index contributed by atoms with van der Waals surface area (Å²) in [5.41, 5.74) is 0. The van der Waals surface area contributed by atoms with Gasteiger partial charge < -0.3 is 10.1 Å². The average Bonchev–Trinajstić information content (AvgIpc) is 2.97. The van der Waals surface area contributed by atoms with Crippen LogP contribution in [0.2, 0.25) is 0 Å². The topological polar surface area (TPSA) is 24.5 Å². The number of rotatable bonds is 6. The Hall–Kier alpha value is -0.120. The Labute approximate surface area is 119 Å². The first-order valence-electron chi connectivity index (χ1n) is 8.31. The van der Waals surface area contributed by atoms with Gasteiger partial charge in [0.15, 0.2) is 0 Å². The molecule has 1 heterocycles. The van der Waals surface area contributed by atoms with Gasteiger partial charge in [-0.15, -0.1) is 0 Å². The molecule has 1 saturated carbocycles. The molecule has 0 radical (unpaired) electrons. The van der Waals surface area contributed by atoms with E-state index in [1.165, 1.54) is 38.5 Å². The second-order valence-corrected chi connectivity index (χ2v) is 6.27. The maximum atomic E-state index is 5.84. The summed E-state index contributed by atoms with van der Waals surface area (Å²) in [6.07, 6.45) is 8.43. The van der Waals surface area contributed by atoms with Crippen molar-refractivity contribution in [1.82, 2.24) is 10.2 Å². The molecule has 3 heteroatoms. The molecule has 19 heavy (non-hydrogen) atoms. The Balaban J connectivity index is 1.95. The molecule has 1 aliphatic heterocycles. The van der Waals surface area contributed by atoms with Crippen LogP contribution in [0.15, 0.2) is 0 Å². The van der Waals surface area contributed by atoms with Crippen molar-refractivity contribution >= 4 is 0 Å². The van der Waals surface area contributed by atoms with Gasteiger partial charge in [0.05, 0.1) is 6.10 Å². The molecule has 2 aliphatic rings. The number of hydrogen-bond donors (Lipinski definition) is 1. The summed E-state index contributed by atoms with van der Waals surface area (Å²) in [5, 5.41) is 3.56. The Morgan fingerprint density at radius 2 is 2.05 bits per heavy atom. The van der Waals surface area contributed by atoms with Crippen LogP contribution in [0.3, 0.4) is 0 Å². The second kappa shape index (κ2) is 7.61. The van der Waals surface area contributed by atoms with E-state index < -0.39 is 0 Å². The van der Waals surface area contributed by atoms with Crippen LogP contribution in [0.4, 0.5) is 0 Å². The molecule has 0 amide bonds. The van der Waals surface area contributed by atoms with Gasteiger partial charge in [-0.2, -0.15) is 0 Å². The number of ether oxygens (including phenoxy) is 1. The van der Waals surface area contributed by atoms with Crippen LogP contribution in [-0.4, -0.2) is 49.8 Å². The van der Waals surface area contributed by atoms with E-state index in [9.17, 15) is 0 Å². The highest BCUT2D eigenvalue weighted by atomic mass is 16.5. The molecule has 2 fully saturated rings. The number of likely N-dealkylation sites (N-methyl/N-ethyl adjacent to an activating group) is 2. The van der Waals surface area contributed by atoms with Crippen LogP contribution in [0.25, 0.3) is 0 Å². The van der Waals surface area contributed by atoms with Crippen molar-refractivity contribution in [2.75, 3.05) is 26.7 Å². The third-order valence-corrected chi connectivity index (χ3v) is 5.21. The zero-order valence-electron chi connectivity index (χ0n) is 13.0. The van der Waals surface area contributed by atoms with Crippen LogP contribution < -0.4 is 5.32 Å². The van der Waals surface area contributed by atoms with Crippen molar-refractivity contribution in [3.8, 4) is 0 Å². The van der Waals surface area contributed by atoms with Gasteiger partial charge in [0.25, 0.3) is 0 Å². The summed E-state index contributed by atoms with van der Waals surface area (Å²) < 4.78 is 5.84. The smallest absolute Gasteiger partial charge is 0.0702 e. The number of nitrogens with one attached hydrogen (secondary N) is 1. The number of hydrogen-bond acceptors (Lipinski definition) is 3. The summed E-state index contributed by atoms with van der Waals surface area (Å²) in [7, 11) is 2.13. The van der Waals surface area contributed by atoms with Crippen LogP contribution >= 0.6 is 0 Å². The minimum absolute atomic E-state index is 0.486. The fraction of sp³-hybridized carbons (Fsp3) is 1.00. The van der Waals surface area contributed by atoms with Gasteiger partial charge >= 0.3 is 0 Å². The average molecular weight is 268 g/mol. The quantitative estimate of drug-likeness (QED) is 0.801. The lowest BCUT2D eigenvalue weighted by molar-refractivity contribution is 0.0342. The van der Waals surface area contributed by atoms with E-state index in [1.807, 2.05) is 0 Å². The lowest BCUT2D eigenvalue weighted by Gasteiger charge is -2.43. The van der Waals surface area contributed by atoms with Gasteiger partial charge in [-0.05, 0) is 51.6 Å². The van der Waals surface area contributed by atoms with E-state index in [0.717, 1.165) is 25.6 Å². The minimum Gasteiger partial charge on any atom is -0.377 e. The Kier molecular flexibility index (Phi) is 6.11. The molecule has 0 spiro atoms. The summed E-state index contributed by atoms with van der Waals surface area (Å²) in [6, 6.07) is 1.38. The Morgan fingerprint density at radius 3 is 2.63 bits per heavy atom. The highest BCUT2D eigenvalue weighted by molar-refractivity contribution is 4.91. The Morgan fingerprint density at radius 1 is 1.21 bits per heavy atom. The fourth-order valence-corrected chi connectivity index (χ4v) is 3.89. The maximum absolute atomic E-state index is 5.84. The summed E-state index contributed by atoms with van der Waals surface area (Å²) in [6.45, 7) is 7.91. The largest absolute Gasteiger partial charge is 0.377 e. The van der Waals surface area contributed by atoms with Crippen molar-refractivity contribution in [3.05, 3.63) is 0 Å². The molecule has 1 saturated heterocycles. The van der Waals surface area contributed by atoms with E-state index in [4.69, 9.17) is 4.74 Å². The third-order valence-electron chi connectivity index (χ3n) is 5.21. The van der Waals surface area contributed by atoms with E-state index in [-0.39, 0.29) is 0 Å². The fourth-order valence-electron chi connectivity index (χ4n) is 3.89. The van der Waals surface area contributed by atoms with Crippen LogP contribution in [-0.2, 0) is 4.74 Å². The molecule has 1 N–H and O–H groups in total. The van der Waals surface area contributed by atoms with E-state index in [1.54, 1.807) is 0 Å². The molecular formula is C16H32N2O. The highest BCUT2D eigenvalue weighted by Gasteiger charge is 2.33. The minimum atomic E-state index is 0.486. The molecule has 1 aliphatic carbocycles. The van der Waals surface area contributed by atoms with Crippen molar-refractivity contribution in [1.29, 1.82) is 0 Å².